The summed E-state index contributed by atoms with van der Waals surface area (Å²) in [5.41, 5.74) is 6.75. The number of alkyl halides is 1. The maximum Gasteiger partial charge on any atom is 0.138 e. The highest BCUT2D eigenvalue weighted by molar-refractivity contribution is 6.17. The molecule has 1 N–H and O–H groups in total. The fraction of sp³-hybridized carbons (Fsp3) is 0.188. The van der Waals surface area contributed by atoms with Crippen LogP contribution in [0.25, 0.3) is 22.4 Å². The van der Waals surface area contributed by atoms with Crippen LogP contribution >= 0.6 is 11.6 Å². The molecule has 0 atom stereocenters. The van der Waals surface area contributed by atoms with Crippen LogP contribution in [0.3, 0.4) is 0 Å². The van der Waals surface area contributed by atoms with Gasteiger partial charge >= 0.3 is 0 Å². The predicted octanol–water partition coefficient (Wildman–Crippen LogP) is 4.59. The van der Waals surface area contributed by atoms with Gasteiger partial charge in [-0.15, -0.1) is 11.6 Å². The molecule has 0 saturated carbocycles. The van der Waals surface area contributed by atoms with E-state index in [-0.39, 0.29) is 0 Å². The van der Waals surface area contributed by atoms with Gasteiger partial charge in [-0.2, -0.15) is 0 Å². The maximum absolute atomic E-state index is 5.88. The van der Waals surface area contributed by atoms with Crippen molar-refractivity contribution in [1.29, 1.82) is 0 Å². The minimum atomic E-state index is 0.520. The van der Waals surface area contributed by atoms with E-state index in [9.17, 15) is 0 Å². The molecule has 1 heterocycles. The van der Waals surface area contributed by atoms with Crippen LogP contribution < -0.4 is 0 Å². The van der Waals surface area contributed by atoms with Crippen molar-refractivity contribution in [1.82, 2.24) is 9.97 Å². The number of benzene rings is 2. The van der Waals surface area contributed by atoms with E-state index < -0.39 is 0 Å². The molecule has 0 amide bonds. The molecule has 19 heavy (non-hydrogen) atoms. The summed E-state index contributed by atoms with van der Waals surface area (Å²) in [4.78, 5) is 8.09. The Bertz CT molecular complexity index is 744. The quantitative estimate of drug-likeness (QED) is 0.678. The maximum atomic E-state index is 5.88. The molecule has 3 rings (SSSR count). The summed E-state index contributed by atoms with van der Waals surface area (Å²) in [5, 5.41) is 0. The lowest BCUT2D eigenvalue weighted by atomic mass is 10.1. The summed E-state index contributed by atoms with van der Waals surface area (Å²) in [6.07, 6.45) is 0. The molecule has 0 aliphatic heterocycles. The lowest BCUT2D eigenvalue weighted by Crippen LogP contribution is -1.83. The smallest absolute Gasteiger partial charge is 0.138 e. The summed E-state index contributed by atoms with van der Waals surface area (Å²) < 4.78 is 0. The number of aryl methyl sites for hydroxylation is 2. The van der Waals surface area contributed by atoms with Gasteiger partial charge in [0.25, 0.3) is 0 Å². The van der Waals surface area contributed by atoms with Crippen molar-refractivity contribution in [2.75, 3.05) is 0 Å². The molecule has 0 aliphatic rings. The first-order valence-electron chi connectivity index (χ1n) is 6.29. The highest BCUT2D eigenvalue weighted by Crippen LogP contribution is 2.24. The van der Waals surface area contributed by atoms with Gasteiger partial charge in [0.15, 0.2) is 0 Å². The highest BCUT2D eigenvalue weighted by atomic mass is 35.5. The van der Waals surface area contributed by atoms with Crippen LogP contribution in [0.5, 0.6) is 0 Å². The third-order valence-electron chi connectivity index (χ3n) is 3.28. The average molecular weight is 271 g/mol. The Morgan fingerprint density at radius 3 is 2.79 bits per heavy atom. The first-order valence-corrected chi connectivity index (χ1v) is 6.83. The van der Waals surface area contributed by atoms with Crippen LogP contribution in [0.15, 0.2) is 36.4 Å². The molecule has 0 radical (unpaired) electrons. The number of nitrogens with zero attached hydrogens (tertiary/aromatic N) is 1. The minimum Gasteiger partial charge on any atom is -0.338 e. The summed E-state index contributed by atoms with van der Waals surface area (Å²) in [6, 6.07) is 12.4. The molecule has 2 aromatic carbocycles. The standard InChI is InChI=1S/C16H15ClN2/c1-10-6-11(2)15-14(7-10)18-16(19-15)13-5-3-4-12(8-13)9-17/h3-8H,9H2,1-2H3,(H,18,19). The number of aromatic amines is 1. The number of imidazole rings is 1. The molecule has 3 aromatic rings. The van der Waals surface area contributed by atoms with Gasteiger partial charge in [-0.3, -0.25) is 0 Å². The van der Waals surface area contributed by atoms with Gasteiger partial charge in [-0.25, -0.2) is 4.98 Å². The Labute approximate surface area is 117 Å². The second kappa shape index (κ2) is 4.71. The molecular weight excluding hydrogens is 256 g/mol. The molecule has 1 aromatic heterocycles. The fourth-order valence-electron chi connectivity index (χ4n) is 2.41. The number of rotatable bonds is 2. The highest BCUT2D eigenvalue weighted by Gasteiger charge is 2.08. The van der Waals surface area contributed by atoms with Gasteiger partial charge in [-0.05, 0) is 42.7 Å². The van der Waals surface area contributed by atoms with E-state index >= 15 is 0 Å². The number of aromatic nitrogens is 2. The van der Waals surface area contributed by atoms with Crippen LogP contribution in [0.4, 0.5) is 0 Å². The third-order valence-corrected chi connectivity index (χ3v) is 3.58. The Morgan fingerprint density at radius 2 is 2.00 bits per heavy atom. The number of hydrogen-bond acceptors (Lipinski definition) is 1. The SMILES string of the molecule is Cc1cc(C)c2nc(-c3cccc(CCl)c3)[nH]c2c1. The molecule has 96 valence electrons. The van der Waals surface area contributed by atoms with Crippen molar-refractivity contribution in [2.45, 2.75) is 19.7 Å². The Hall–Kier alpha value is -1.80. The number of nitrogens with one attached hydrogen (secondary N) is 1. The molecule has 0 aliphatic carbocycles. The molecule has 2 nitrogen and oxygen atoms in total. The molecule has 0 unspecified atom stereocenters. The predicted molar refractivity (Wildman–Crippen MR) is 80.6 cm³/mol. The normalized spacial score (nSPS) is 11.1. The Morgan fingerprint density at radius 1 is 1.16 bits per heavy atom. The van der Waals surface area contributed by atoms with Crippen LogP contribution in [0, 0.1) is 13.8 Å². The number of fused-ring (bicyclic) bond motifs is 1. The van der Waals surface area contributed by atoms with Crippen molar-refractivity contribution in [3.63, 3.8) is 0 Å². The van der Waals surface area contributed by atoms with E-state index in [1.54, 1.807) is 0 Å². The van der Waals surface area contributed by atoms with Crippen LogP contribution in [0.2, 0.25) is 0 Å². The topological polar surface area (TPSA) is 28.7 Å². The Balaban J connectivity index is 2.17. The molecule has 0 saturated heterocycles. The third kappa shape index (κ3) is 2.24. The summed E-state index contributed by atoms with van der Waals surface area (Å²) in [6.45, 7) is 4.19. The minimum absolute atomic E-state index is 0.520. The molecule has 0 spiro atoms. The molecule has 0 bridgehead atoms. The van der Waals surface area contributed by atoms with Gasteiger partial charge in [0.05, 0.1) is 11.0 Å². The number of H-pyrrole nitrogens is 1. The van der Waals surface area contributed by atoms with Crippen molar-refractivity contribution >= 4 is 22.6 Å². The zero-order valence-corrected chi connectivity index (χ0v) is 11.8. The molecule has 0 fully saturated rings. The van der Waals surface area contributed by atoms with Crippen molar-refractivity contribution in [3.8, 4) is 11.4 Å². The van der Waals surface area contributed by atoms with Crippen molar-refractivity contribution in [3.05, 3.63) is 53.1 Å². The van der Waals surface area contributed by atoms with E-state index in [1.165, 1.54) is 11.1 Å². The second-order valence-corrected chi connectivity index (χ2v) is 5.16. The van der Waals surface area contributed by atoms with Crippen LogP contribution in [0.1, 0.15) is 16.7 Å². The lowest BCUT2D eigenvalue weighted by Gasteiger charge is -1.99. The van der Waals surface area contributed by atoms with E-state index in [0.29, 0.717) is 5.88 Å². The first-order chi connectivity index (χ1) is 9.17. The summed E-state index contributed by atoms with van der Waals surface area (Å²) >= 11 is 5.88. The van der Waals surface area contributed by atoms with E-state index in [4.69, 9.17) is 16.6 Å². The first kappa shape index (κ1) is 12.2. The van der Waals surface area contributed by atoms with Gasteiger partial charge < -0.3 is 4.98 Å². The Kier molecular flexibility index (Phi) is 3.03. The summed E-state index contributed by atoms with van der Waals surface area (Å²) in [5.74, 6) is 1.42. The van der Waals surface area contributed by atoms with E-state index in [2.05, 4.69) is 43.1 Å². The van der Waals surface area contributed by atoms with Crippen LogP contribution in [-0.4, -0.2) is 9.97 Å². The number of hydrogen-bond donors (Lipinski definition) is 1. The number of halogens is 1. The lowest BCUT2D eigenvalue weighted by molar-refractivity contribution is 1.31. The van der Waals surface area contributed by atoms with Crippen molar-refractivity contribution < 1.29 is 0 Å². The zero-order chi connectivity index (χ0) is 13.4. The van der Waals surface area contributed by atoms with Gasteiger partial charge in [-0.1, -0.05) is 24.3 Å². The van der Waals surface area contributed by atoms with E-state index in [0.717, 1.165) is 28.0 Å². The zero-order valence-electron chi connectivity index (χ0n) is 11.0. The fourth-order valence-corrected chi connectivity index (χ4v) is 2.58. The molecule has 3 heteroatoms. The average Bonchev–Trinajstić information content (AvgIpc) is 2.83. The van der Waals surface area contributed by atoms with E-state index in [1.807, 2.05) is 12.1 Å². The second-order valence-electron chi connectivity index (χ2n) is 4.90. The van der Waals surface area contributed by atoms with Crippen LogP contribution in [-0.2, 0) is 5.88 Å². The van der Waals surface area contributed by atoms with Gasteiger partial charge in [0.1, 0.15) is 5.82 Å². The van der Waals surface area contributed by atoms with Gasteiger partial charge in [0.2, 0.25) is 0 Å². The monoisotopic (exact) mass is 270 g/mol. The summed E-state index contributed by atoms with van der Waals surface area (Å²) in [7, 11) is 0. The largest absolute Gasteiger partial charge is 0.338 e. The van der Waals surface area contributed by atoms with Gasteiger partial charge in [0, 0.05) is 11.4 Å². The van der Waals surface area contributed by atoms with Crippen molar-refractivity contribution in [2.24, 2.45) is 0 Å². The molecular formula is C16H15ClN2.